The minimum atomic E-state index is -4.41. The number of unbranched alkanes of at least 4 members (excludes halogenated alkanes) is 3. The summed E-state index contributed by atoms with van der Waals surface area (Å²) in [7, 11) is 0. The SMILES string of the molecule is CCOC(=O)CCCCCCC(NCCC(O)C(C)(C)Cc1cccc(C(F)(F)F)c1)C(=O)OCC. The molecular weight excluding hydrogens is 475 g/mol. The number of carbonyl (C=O) groups is 2. The third kappa shape index (κ3) is 12.2. The third-order valence-corrected chi connectivity index (χ3v) is 6.12. The first-order valence-electron chi connectivity index (χ1n) is 12.8. The molecule has 0 saturated carbocycles. The molecule has 206 valence electrons. The van der Waals surface area contributed by atoms with Crippen LogP contribution in [0.1, 0.15) is 83.8 Å². The van der Waals surface area contributed by atoms with Gasteiger partial charge in [0.25, 0.3) is 0 Å². The molecule has 6 nitrogen and oxygen atoms in total. The van der Waals surface area contributed by atoms with Crippen molar-refractivity contribution < 1.29 is 37.3 Å². The molecule has 1 aromatic carbocycles. The molecule has 0 aliphatic rings. The molecule has 0 saturated heterocycles. The second-order valence-corrected chi connectivity index (χ2v) is 9.68. The van der Waals surface area contributed by atoms with Crippen LogP contribution in [0.3, 0.4) is 0 Å². The van der Waals surface area contributed by atoms with Crippen molar-refractivity contribution >= 4 is 11.9 Å². The predicted octanol–water partition coefficient (Wildman–Crippen LogP) is 5.45. The smallest absolute Gasteiger partial charge is 0.416 e. The highest BCUT2D eigenvalue weighted by atomic mass is 19.4. The number of esters is 2. The molecule has 0 aliphatic heterocycles. The zero-order valence-electron chi connectivity index (χ0n) is 22.0. The number of carbonyl (C=O) groups excluding carboxylic acids is 2. The summed E-state index contributed by atoms with van der Waals surface area (Å²) in [6.07, 6.45) is -0.375. The summed E-state index contributed by atoms with van der Waals surface area (Å²) in [4.78, 5) is 23.7. The van der Waals surface area contributed by atoms with Crippen LogP contribution in [-0.2, 0) is 31.7 Å². The van der Waals surface area contributed by atoms with E-state index in [0.717, 1.165) is 37.8 Å². The lowest BCUT2D eigenvalue weighted by Gasteiger charge is -2.31. The van der Waals surface area contributed by atoms with Crippen LogP contribution in [0.5, 0.6) is 0 Å². The Hall–Kier alpha value is -2.13. The van der Waals surface area contributed by atoms with Crippen LogP contribution >= 0.6 is 0 Å². The van der Waals surface area contributed by atoms with Gasteiger partial charge in [0.1, 0.15) is 6.04 Å². The lowest BCUT2D eigenvalue weighted by atomic mass is 9.79. The average molecular weight is 518 g/mol. The number of hydrogen-bond acceptors (Lipinski definition) is 6. The number of hydrogen-bond donors (Lipinski definition) is 2. The molecule has 0 bridgehead atoms. The second kappa shape index (κ2) is 15.9. The second-order valence-electron chi connectivity index (χ2n) is 9.68. The monoisotopic (exact) mass is 517 g/mol. The first-order chi connectivity index (χ1) is 16.9. The largest absolute Gasteiger partial charge is 0.466 e. The summed E-state index contributed by atoms with van der Waals surface area (Å²) >= 11 is 0. The zero-order chi connectivity index (χ0) is 27.2. The highest BCUT2D eigenvalue weighted by Gasteiger charge is 2.32. The van der Waals surface area contributed by atoms with E-state index in [-0.39, 0.29) is 25.0 Å². The average Bonchev–Trinajstić information content (AvgIpc) is 2.79. The molecule has 0 aliphatic carbocycles. The zero-order valence-corrected chi connectivity index (χ0v) is 22.0. The van der Waals surface area contributed by atoms with Crippen molar-refractivity contribution in [3.05, 3.63) is 35.4 Å². The van der Waals surface area contributed by atoms with E-state index < -0.39 is 29.3 Å². The van der Waals surface area contributed by atoms with Crippen molar-refractivity contribution in [1.29, 1.82) is 0 Å². The van der Waals surface area contributed by atoms with Gasteiger partial charge >= 0.3 is 18.1 Å². The van der Waals surface area contributed by atoms with Crippen LogP contribution in [-0.4, -0.2) is 48.9 Å². The summed E-state index contributed by atoms with van der Waals surface area (Å²) in [5, 5.41) is 13.9. The topological polar surface area (TPSA) is 84.9 Å². The first kappa shape index (κ1) is 31.9. The number of aliphatic hydroxyl groups excluding tert-OH is 1. The minimum Gasteiger partial charge on any atom is -0.466 e. The highest BCUT2D eigenvalue weighted by Crippen LogP contribution is 2.33. The molecule has 0 spiro atoms. The van der Waals surface area contributed by atoms with Crippen molar-refractivity contribution in [2.75, 3.05) is 19.8 Å². The van der Waals surface area contributed by atoms with Gasteiger partial charge in [-0.15, -0.1) is 0 Å². The quantitative estimate of drug-likeness (QED) is 0.211. The number of nitrogens with one attached hydrogen (secondary N) is 1. The Bertz CT molecular complexity index is 798. The van der Waals surface area contributed by atoms with Crippen molar-refractivity contribution in [3.63, 3.8) is 0 Å². The summed E-state index contributed by atoms with van der Waals surface area (Å²) < 4.78 is 49.1. The van der Waals surface area contributed by atoms with E-state index >= 15 is 0 Å². The maximum Gasteiger partial charge on any atom is 0.416 e. The Morgan fingerprint density at radius 3 is 2.31 bits per heavy atom. The van der Waals surface area contributed by atoms with Gasteiger partial charge in [-0.25, -0.2) is 0 Å². The van der Waals surface area contributed by atoms with Crippen LogP contribution < -0.4 is 5.32 Å². The lowest BCUT2D eigenvalue weighted by molar-refractivity contribution is -0.146. The molecule has 0 aromatic heterocycles. The molecule has 0 amide bonds. The molecule has 2 unspecified atom stereocenters. The summed E-state index contributed by atoms with van der Waals surface area (Å²) in [5.74, 6) is -0.542. The Labute approximate surface area is 212 Å². The van der Waals surface area contributed by atoms with Crippen molar-refractivity contribution in [2.45, 2.75) is 97.4 Å². The van der Waals surface area contributed by atoms with Crippen LogP contribution in [0.4, 0.5) is 13.2 Å². The molecule has 9 heteroatoms. The van der Waals surface area contributed by atoms with Crippen LogP contribution in [0.25, 0.3) is 0 Å². The van der Waals surface area contributed by atoms with E-state index in [0.29, 0.717) is 38.0 Å². The van der Waals surface area contributed by atoms with Gasteiger partial charge in [-0.05, 0) is 63.1 Å². The molecule has 0 fully saturated rings. The minimum absolute atomic E-state index is 0.196. The molecular formula is C27H42F3NO5. The number of alkyl halides is 3. The number of halogens is 3. The van der Waals surface area contributed by atoms with Gasteiger partial charge in [0.2, 0.25) is 0 Å². The van der Waals surface area contributed by atoms with E-state index in [1.807, 2.05) is 13.8 Å². The number of rotatable bonds is 17. The summed E-state index contributed by atoms with van der Waals surface area (Å²) in [6.45, 7) is 8.15. The van der Waals surface area contributed by atoms with Gasteiger partial charge in [-0.2, -0.15) is 13.2 Å². The van der Waals surface area contributed by atoms with Gasteiger partial charge in [-0.1, -0.05) is 51.3 Å². The maximum absolute atomic E-state index is 13.0. The predicted molar refractivity (Wildman–Crippen MR) is 132 cm³/mol. The first-order valence-corrected chi connectivity index (χ1v) is 12.8. The van der Waals surface area contributed by atoms with Crippen LogP contribution in [0.2, 0.25) is 0 Å². The molecule has 0 radical (unpaired) electrons. The molecule has 0 heterocycles. The van der Waals surface area contributed by atoms with E-state index in [1.54, 1.807) is 19.9 Å². The van der Waals surface area contributed by atoms with Crippen LogP contribution in [0.15, 0.2) is 24.3 Å². The third-order valence-electron chi connectivity index (χ3n) is 6.12. The van der Waals surface area contributed by atoms with Gasteiger partial charge < -0.3 is 19.9 Å². The van der Waals surface area contributed by atoms with Gasteiger partial charge in [0.15, 0.2) is 0 Å². The Kier molecular flexibility index (Phi) is 14.1. The Morgan fingerprint density at radius 1 is 1.00 bits per heavy atom. The maximum atomic E-state index is 13.0. The molecule has 2 N–H and O–H groups in total. The van der Waals surface area contributed by atoms with Crippen LogP contribution in [0, 0.1) is 5.41 Å². The van der Waals surface area contributed by atoms with E-state index in [4.69, 9.17) is 9.47 Å². The fourth-order valence-corrected chi connectivity index (χ4v) is 4.04. The number of aliphatic hydroxyl groups is 1. The van der Waals surface area contributed by atoms with Crippen molar-refractivity contribution in [3.8, 4) is 0 Å². The fourth-order valence-electron chi connectivity index (χ4n) is 4.04. The van der Waals surface area contributed by atoms with Gasteiger partial charge in [-0.3, -0.25) is 9.59 Å². The van der Waals surface area contributed by atoms with Crippen molar-refractivity contribution in [2.24, 2.45) is 5.41 Å². The normalized spacial score (nSPS) is 13.8. The lowest BCUT2D eigenvalue weighted by Crippen LogP contribution is -2.41. The van der Waals surface area contributed by atoms with Gasteiger partial charge in [0.05, 0.1) is 24.9 Å². The molecule has 1 rings (SSSR count). The number of benzene rings is 1. The van der Waals surface area contributed by atoms with E-state index in [1.165, 1.54) is 6.07 Å². The van der Waals surface area contributed by atoms with Gasteiger partial charge in [0, 0.05) is 6.42 Å². The Balaban J connectivity index is 2.53. The highest BCUT2D eigenvalue weighted by molar-refractivity contribution is 5.75. The fraction of sp³-hybridized carbons (Fsp3) is 0.704. The van der Waals surface area contributed by atoms with E-state index in [2.05, 4.69) is 5.32 Å². The molecule has 2 atom stereocenters. The van der Waals surface area contributed by atoms with E-state index in [9.17, 15) is 27.9 Å². The number of ether oxygens (including phenoxy) is 2. The summed E-state index contributed by atoms with van der Waals surface area (Å²) in [5.41, 5.74) is -0.858. The molecule has 1 aromatic rings. The standard InChI is InChI=1S/C27H42F3NO5/c1-5-35-24(33)15-10-8-7-9-14-22(25(34)36-6-2)31-17-16-23(32)26(3,4)19-20-12-11-13-21(18-20)27(28,29)30/h11-13,18,22-23,31-32H,5-10,14-17,19H2,1-4H3. The Morgan fingerprint density at radius 2 is 1.67 bits per heavy atom. The summed E-state index contributed by atoms with van der Waals surface area (Å²) in [6, 6.07) is 4.66. The molecule has 36 heavy (non-hydrogen) atoms. The van der Waals surface area contributed by atoms with Crippen molar-refractivity contribution in [1.82, 2.24) is 5.32 Å².